The van der Waals surface area contributed by atoms with Crippen molar-refractivity contribution in [3.63, 3.8) is 0 Å². The van der Waals surface area contributed by atoms with Crippen molar-refractivity contribution in [2.24, 2.45) is 0 Å². The highest BCUT2D eigenvalue weighted by Crippen LogP contribution is 2.22. The van der Waals surface area contributed by atoms with Crippen LogP contribution in [0.25, 0.3) is 10.9 Å². The molecule has 0 aliphatic rings. The maximum absolute atomic E-state index is 11.3. The molecule has 0 spiro atoms. The highest BCUT2D eigenvalue weighted by atomic mass is 16.4. The van der Waals surface area contributed by atoms with Crippen LogP contribution in [0.5, 0.6) is 0 Å². The molecule has 0 radical (unpaired) electrons. The summed E-state index contributed by atoms with van der Waals surface area (Å²) in [4.78, 5) is 24.3. The largest absolute Gasteiger partial charge is 0.478 e. The third-order valence-corrected chi connectivity index (χ3v) is 3.93. The Hall–Kier alpha value is -4.00. The predicted octanol–water partition coefficient (Wildman–Crippen LogP) is 4.21. The first-order chi connectivity index (χ1) is 13.2. The third kappa shape index (κ3) is 3.67. The minimum Gasteiger partial charge on any atom is -0.478 e. The van der Waals surface area contributed by atoms with E-state index in [0.29, 0.717) is 17.5 Å². The summed E-state index contributed by atoms with van der Waals surface area (Å²) in [6.07, 6.45) is 3.35. The van der Waals surface area contributed by atoms with Crippen LogP contribution in [0.2, 0.25) is 0 Å². The van der Waals surface area contributed by atoms with Gasteiger partial charge in [-0.25, -0.2) is 9.78 Å². The molecule has 4 rings (SSSR count). The SMILES string of the molecule is O=C(O)c1ccccc1Nc1ccnc(Nc2ccc3ncccc3c2)n1. The number of nitrogens with zero attached hydrogens (tertiary/aromatic N) is 3. The molecule has 7 nitrogen and oxygen atoms in total. The maximum Gasteiger partial charge on any atom is 0.337 e. The molecule has 0 unspecified atom stereocenters. The summed E-state index contributed by atoms with van der Waals surface area (Å²) in [6.45, 7) is 0. The second-order valence-corrected chi connectivity index (χ2v) is 5.78. The zero-order valence-corrected chi connectivity index (χ0v) is 14.1. The zero-order valence-electron chi connectivity index (χ0n) is 14.1. The van der Waals surface area contributed by atoms with E-state index in [9.17, 15) is 9.90 Å². The number of carboxylic acid groups (broad SMARTS) is 1. The molecule has 7 heteroatoms. The summed E-state index contributed by atoms with van der Waals surface area (Å²) in [7, 11) is 0. The van der Waals surface area contributed by atoms with Crippen molar-refractivity contribution in [3.8, 4) is 0 Å². The number of aromatic carboxylic acids is 1. The summed E-state index contributed by atoms with van der Waals surface area (Å²) in [5, 5.41) is 16.5. The number of hydrogen-bond donors (Lipinski definition) is 3. The summed E-state index contributed by atoms with van der Waals surface area (Å²) in [6, 6.07) is 18.0. The first-order valence-corrected chi connectivity index (χ1v) is 8.23. The molecule has 0 atom stereocenters. The number of aromatic nitrogens is 3. The van der Waals surface area contributed by atoms with Crippen LogP contribution in [0.3, 0.4) is 0 Å². The number of hydrogen-bond acceptors (Lipinski definition) is 6. The van der Waals surface area contributed by atoms with Gasteiger partial charge in [-0.05, 0) is 42.5 Å². The quantitative estimate of drug-likeness (QED) is 0.492. The van der Waals surface area contributed by atoms with Gasteiger partial charge < -0.3 is 15.7 Å². The fourth-order valence-electron chi connectivity index (χ4n) is 2.69. The van der Waals surface area contributed by atoms with Crippen molar-refractivity contribution in [3.05, 3.63) is 78.6 Å². The van der Waals surface area contributed by atoms with Gasteiger partial charge >= 0.3 is 5.97 Å². The van der Waals surface area contributed by atoms with E-state index in [4.69, 9.17) is 0 Å². The molecule has 27 heavy (non-hydrogen) atoms. The molecule has 4 aromatic rings. The van der Waals surface area contributed by atoms with Crippen LogP contribution in [-0.2, 0) is 0 Å². The Morgan fingerprint density at radius 2 is 1.78 bits per heavy atom. The van der Waals surface area contributed by atoms with Gasteiger partial charge in [0.05, 0.1) is 16.8 Å². The van der Waals surface area contributed by atoms with Gasteiger partial charge in [0, 0.05) is 23.5 Å². The third-order valence-electron chi connectivity index (χ3n) is 3.93. The van der Waals surface area contributed by atoms with E-state index in [1.165, 1.54) is 6.07 Å². The zero-order chi connectivity index (χ0) is 18.6. The topological polar surface area (TPSA) is 100 Å². The lowest BCUT2D eigenvalue weighted by molar-refractivity contribution is 0.0698. The predicted molar refractivity (Wildman–Crippen MR) is 104 cm³/mol. The second kappa shape index (κ2) is 7.09. The van der Waals surface area contributed by atoms with E-state index < -0.39 is 5.97 Å². The Balaban J connectivity index is 1.58. The lowest BCUT2D eigenvalue weighted by Gasteiger charge is -2.10. The van der Waals surface area contributed by atoms with E-state index in [0.717, 1.165) is 16.6 Å². The van der Waals surface area contributed by atoms with Gasteiger partial charge in [-0.2, -0.15) is 4.98 Å². The van der Waals surface area contributed by atoms with Crippen LogP contribution in [0.4, 0.5) is 23.1 Å². The summed E-state index contributed by atoms with van der Waals surface area (Å²) < 4.78 is 0. The average molecular weight is 357 g/mol. The maximum atomic E-state index is 11.3. The van der Waals surface area contributed by atoms with Gasteiger partial charge in [-0.15, -0.1) is 0 Å². The number of carboxylic acids is 1. The molecular formula is C20H15N5O2. The van der Waals surface area contributed by atoms with Gasteiger partial charge in [0.2, 0.25) is 5.95 Å². The van der Waals surface area contributed by atoms with E-state index in [2.05, 4.69) is 25.6 Å². The Morgan fingerprint density at radius 1 is 0.889 bits per heavy atom. The molecule has 132 valence electrons. The molecule has 0 saturated carbocycles. The highest BCUT2D eigenvalue weighted by molar-refractivity contribution is 5.95. The van der Waals surface area contributed by atoms with Crippen LogP contribution in [0.1, 0.15) is 10.4 Å². The number of pyridine rings is 1. The molecule has 3 N–H and O–H groups in total. The van der Waals surface area contributed by atoms with Gasteiger partial charge in [0.25, 0.3) is 0 Å². The molecule has 2 aromatic heterocycles. The number of benzene rings is 2. The molecular weight excluding hydrogens is 342 g/mol. The molecule has 2 aromatic carbocycles. The summed E-state index contributed by atoms with van der Waals surface area (Å²) in [5.74, 6) is -0.116. The molecule has 0 aliphatic carbocycles. The van der Waals surface area contributed by atoms with E-state index in [1.807, 2.05) is 30.3 Å². The number of nitrogens with one attached hydrogen (secondary N) is 2. The number of carbonyl (C=O) groups is 1. The standard InChI is InChI=1S/C20H15N5O2/c26-19(27)15-5-1-2-6-17(15)24-18-9-11-22-20(25-18)23-14-7-8-16-13(12-14)4-3-10-21-16/h1-12H,(H,26,27)(H2,22,23,24,25). The van der Waals surface area contributed by atoms with Crippen LogP contribution in [-0.4, -0.2) is 26.0 Å². The number of anilines is 4. The fourth-order valence-corrected chi connectivity index (χ4v) is 2.69. The summed E-state index contributed by atoms with van der Waals surface area (Å²) in [5.41, 5.74) is 2.38. The van der Waals surface area contributed by atoms with Crippen molar-refractivity contribution < 1.29 is 9.90 Å². The smallest absolute Gasteiger partial charge is 0.337 e. The van der Waals surface area contributed by atoms with Crippen LogP contribution >= 0.6 is 0 Å². The minimum atomic E-state index is -1.00. The summed E-state index contributed by atoms with van der Waals surface area (Å²) >= 11 is 0. The van der Waals surface area contributed by atoms with E-state index >= 15 is 0 Å². The van der Waals surface area contributed by atoms with Gasteiger partial charge in [0.15, 0.2) is 0 Å². The van der Waals surface area contributed by atoms with Crippen molar-refractivity contribution in [2.75, 3.05) is 10.6 Å². The first-order valence-electron chi connectivity index (χ1n) is 8.23. The number of rotatable bonds is 5. The van der Waals surface area contributed by atoms with Crippen molar-refractivity contribution in [1.82, 2.24) is 15.0 Å². The van der Waals surface area contributed by atoms with Crippen LogP contribution in [0.15, 0.2) is 73.1 Å². The molecule has 2 heterocycles. The Bertz CT molecular complexity index is 1130. The monoisotopic (exact) mass is 357 g/mol. The van der Waals surface area contributed by atoms with Gasteiger partial charge in [0.1, 0.15) is 5.82 Å². The van der Waals surface area contributed by atoms with E-state index in [1.54, 1.807) is 36.7 Å². The lowest BCUT2D eigenvalue weighted by atomic mass is 10.2. The lowest BCUT2D eigenvalue weighted by Crippen LogP contribution is -2.04. The van der Waals surface area contributed by atoms with E-state index in [-0.39, 0.29) is 5.56 Å². The van der Waals surface area contributed by atoms with Crippen molar-refractivity contribution in [1.29, 1.82) is 0 Å². The van der Waals surface area contributed by atoms with Crippen molar-refractivity contribution >= 4 is 40.0 Å². The Kier molecular flexibility index (Phi) is 4.32. The van der Waals surface area contributed by atoms with Crippen LogP contribution in [0, 0.1) is 0 Å². The minimum absolute atomic E-state index is 0.174. The Labute approximate surface area is 154 Å². The fraction of sp³-hybridized carbons (Fsp3) is 0. The van der Waals surface area contributed by atoms with Crippen LogP contribution < -0.4 is 10.6 Å². The van der Waals surface area contributed by atoms with Gasteiger partial charge in [-0.1, -0.05) is 18.2 Å². The number of fused-ring (bicyclic) bond motifs is 1. The van der Waals surface area contributed by atoms with Gasteiger partial charge in [-0.3, -0.25) is 4.98 Å². The first kappa shape index (κ1) is 16.5. The molecule has 0 fully saturated rings. The highest BCUT2D eigenvalue weighted by Gasteiger charge is 2.10. The Morgan fingerprint density at radius 3 is 2.67 bits per heavy atom. The van der Waals surface area contributed by atoms with Crippen molar-refractivity contribution in [2.45, 2.75) is 0 Å². The molecule has 0 amide bonds. The number of para-hydroxylation sites is 1. The average Bonchev–Trinajstić information content (AvgIpc) is 2.68. The normalized spacial score (nSPS) is 10.5. The molecule has 0 aliphatic heterocycles. The molecule has 0 bridgehead atoms. The molecule has 0 saturated heterocycles. The second-order valence-electron chi connectivity index (χ2n) is 5.78.